The molecule has 0 amide bonds. The lowest BCUT2D eigenvalue weighted by molar-refractivity contribution is 0.391. The van der Waals surface area contributed by atoms with Crippen LogP contribution >= 0.6 is 0 Å². The van der Waals surface area contributed by atoms with Crippen LogP contribution in [0.4, 0.5) is 4.39 Å². The van der Waals surface area contributed by atoms with Crippen LogP contribution in [-0.2, 0) is 6.42 Å². The molecular formula is C11H10FNO. The maximum Gasteiger partial charge on any atom is 0.133 e. The van der Waals surface area contributed by atoms with Crippen LogP contribution in [0.25, 0.3) is 0 Å². The molecule has 14 heavy (non-hydrogen) atoms. The quantitative estimate of drug-likeness (QED) is 0.729. The second-order valence-electron chi connectivity index (χ2n) is 3.23. The predicted octanol–water partition coefficient (Wildman–Crippen LogP) is 2.71. The Morgan fingerprint density at radius 3 is 2.57 bits per heavy atom. The summed E-state index contributed by atoms with van der Waals surface area (Å²) in [5.41, 5.74) is 1.90. The molecule has 0 unspecified atom stereocenters. The molecule has 0 atom stereocenters. The molecule has 1 aromatic carbocycles. The molecule has 0 radical (unpaired) electrons. The second kappa shape index (κ2) is 3.62. The van der Waals surface area contributed by atoms with Crippen LogP contribution in [0.2, 0.25) is 0 Å². The van der Waals surface area contributed by atoms with E-state index in [1.165, 1.54) is 12.1 Å². The smallest absolute Gasteiger partial charge is 0.133 e. The standard InChI is InChI=1S/C11H10FNO/c1-8-6-11(13-14-8)7-9-2-4-10(12)5-3-9/h2-6H,7H2,1H3. The molecule has 0 spiro atoms. The average Bonchev–Trinajstić information content (AvgIpc) is 2.56. The monoisotopic (exact) mass is 191 g/mol. The van der Waals surface area contributed by atoms with Crippen molar-refractivity contribution >= 4 is 0 Å². The summed E-state index contributed by atoms with van der Waals surface area (Å²) in [6.45, 7) is 1.85. The van der Waals surface area contributed by atoms with E-state index >= 15 is 0 Å². The van der Waals surface area contributed by atoms with Gasteiger partial charge in [-0.05, 0) is 24.6 Å². The molecule has 0 aliphatic heterocycles. The molecule has 0 bridgehead atoms. The Balaban J connectivity index is 2.15. The summed E-state index contributed by atoms with van der Waals surface area (Å²) in [7, 11) is 0. The second-order valence-corrected chi connectivity index (χ2v) is 3.23. The summed E-state index contributed by atoms with van der Waals surface area (Å²) in [4.78, 5) is 0. The van der Waals surface area contributed by atoms with Crippen molar-refractivity contribution in [3.63, 3.8) is 0 Å². The minimum Gasteiger partial charge on any atom is -0.361 e. The van der Waals surface area contributed by atoms with Crippen molar-refractivity contribution < 1.29 is 8.91 Å². The Kier molecular flexibility index (Phi) is 2.31. The molecular weight excluding hydrogens is 181 g/mol. The van der Waals surface area contributed by atoms with Gasteiger partial charge in [-0.3, -0.25) is 0 Å². The van der Waals surface area contributed by atoms with Crippen LogP contribution in [0.3, 0.4) is 0 Å². The van der Waals surface area contributed by atoms with E-state index in [-0.39, 0.29) is 5.82 Å². The zero-order valence-electron chi connectivity index (χ0n) is 7.83. The summed E-state index contributed by atoms with van der Waals surface area (Å²) >= 11 is 0. The lowest BCUT2D eigenvalue weighted by Crippen LogP contribution is -1.87. The van der Waals surface area contributed by atoms with E-state index in [1.54, 1.807) is 12.1 Å². The lowest BCUT2D eigenvalue weighted by Gasteiger charge is -1.96. The molecule has 72 valence electrons. The van der Waals surface area contributed by atoms with Gasteiger partial charge >= 0.3 is 0 Å². The minimum absolute atomic E-state index is 0.218. The van der Waals surface area contributed by atoms with E-state index < -0.39 is 0 Å². The number of aromatic nitrogens is 1. The summed E-state index contributed by atoms with van der Waals surface area (Å²) in [6, 6.07) is 8.27. The SMILES string of the molecule is Cc1cc(Cc2ccc(F)cc2)no1. The highest BCUT2D eigenvalue weighted by Gasteiger charge is 2.01. The maximum atomic E-state index is 12.6. The van der Waals surface area contributed by atoms with E-state index in [4.69, 9.17) is 4.52 Å². The predicted molar refractivity (Wildman–Crippen MR) is 50.4 cm³/mol. The van der Waals surface area contributed by atoms with Gasteiger partial charge in [-0.15, -0.1) is 0 Å². The number of hydrogen-bond donors (Lipinski definition) is 0. The first-order valence-electron chi connectivity index (χ1n) is 4.41. The largest absolute Gasteiger partial charge is 0.361 e. The molecule has 1 heterocycles. The van der Waals surface area contributed by atoms with Crippen LogP contribution in [0.1, 0.15) is 17.0 Å². The van der Waals surface area contributed by atoms with Crippen molar-refractivity contribution in [1.29, 1.82) is 0 Å². The Morgan fingerprint density at radius 2 is 2.00 bits per heavy atom. The van der Waals surface area contributed by atoms with E-state index in [9.17, 15) is 4.39 Å². The first-order valence-corrected chi connectivity index (χ1v) is 4.41. The van der Waals surface area contributed by atoms with Gasteiger partial charge in [-0.1, -0.05) is 17.3 Å². The molecule has 0 N–H and O–H groups in total. The average molecular weight is 191 g/mol. The molecule has 2 rings (SSSR count). The Morgan fingerprint density at radius 1 is 1.29 bits per heavy atom. The van der Waals surface area contributed by atoms with Crippen LogP contribution in [0, 0.1) is 12.7 Å². The fourth-order valence-corrected chi connectivity index (χ4v) is 1.31. The summed E-state index contributed by atoms with van der Waals surface area (Å²) in [5.74, 6) is 0.576. The number of hydrogen-bond acceptors (Lipinski definition) is 2. The van der Waals surface area contributed by atoms with E-state index in [0.717, 1.165) is 17.0 Å². The molecule has 3 heteroatoms. The van der Waals surface area contributed by atoms with Crippen LogP contribution in [0.5, 0.6) is 0 Å². The van der Waals surface area contributed by atoms with Gasteiger partial charge in [0.1, 0.15) is 11.6 Å². The third kappa shape index (κ3) is 1.99. The third-order valence-electron chi connectivity index (χ3n) is 1.98. The number of benzene rings is 1. The Labute approximate surface area is 81.3 Å². The zero-order chi connectivity index (χ0) is 9.97. The highest BCUT2D eigenvalue weighted by molar-refractivity contribution is 5.22. The van der Waals surface area contributed by atoms with Gasteiger partial charge in [0.2, 0.25) is 0 Å². The first kappa shape index (κ1) is 8.94. The number of halogens is 1. The van der Waals surface area contributed by atoms with Crippen LogP contribution in [0.15, 0.2) is 34.9 Å². The van der Waals surface area contributed by atoms with Gasteiger partial charge < -0.3 is 4.52 Å². The fourth-order valence-electron chi connectivity index (χ4n) is 1.31. The van der Waals surface area contributed by atoms with Crippen molar-refractivity contribution in [2.75, 3.05) is 0 Å². The van der Waals surface area contributed by atoms with Gasteiger partial charge in [0.25, 0.3) is 0 Å². The molecule has 0 fully saturated rings. The van der Waals surface area contributed by atoms with E-state index in [2.05, 4.69) is 5.16 Å². The molecule has 2 aromatic rings. The van der Waals surface area contributed by atoms with Gasteiger partial charge in [0.15, 0.2) is 0 Å². The molecule has 0 aliphatic rings. The van der Waals surface area contributed by atoms with Crippen LogP contribution < -0.4 is 0 Å². The molecule has 0 aliphatic carbocycles. The van der Waals surface area contributed by atoms with E-state index in [1.807, 2.05) is 13.0 Å². The number of aryl methyl sites for hydroxylation is 1. The van der Waals surface area contributed by atoms with Gasteiger partial charge in [0, 0.05) is 12.5 Å². The Bertz CT molecular complexity index is 419. The fraction of sp³-hybridized carbons (Fsp3) is 0.182. The highest BCUT2D eigenvalue weighted by Crippen LogP contribution is 2.10. The summed E-state index contributed by atoms with van der Waals surface area (Å²) < 4.78 is 17.5. The van der Waals surface area contributed by atoms with E-state index in [0.29, 0.717) is 6.42 Å². The topological polar surface area (TPSA) is 26.0 Å². The minimum atomic E-state index is -0.218. The molecule has 0 saturated heterocycles. The lowest BCUT2D eigenvalue weighted by atomic mass is 10.1. The first-order chi connectivity index (χ1) is 6.74. The van der Waals surface area contributed by atoms with Gasteiger partial charge in [-0.25, -0.2) is 4.39 Å². The van der Waals surface area contributed by atoms with Crippen molar-refractivity contribution in [1.82, 2.24) is 5.16 Å². The molecule has 1 aromatic heterocycles. The zero-order valence-corrected chi connectivity index (χ0v) is 7.83. The van der Waals surface area contributed by atoms with Crippen molar-refractivity contribution in [3.05, 3.63) is 53.2 Å². The normalized spacial score (nSPS) is 10.4. The molecule has 2 nitrogen and oxygen atoms in total. The van der Waals surface area contributed by atoms with Crippen molar-refractivity contribution in [3.8, 4) is 0 Å². The van der Waals surface area contributed by atoms with Gasteiger partial charge in [0.05, 0.1) is 5.69 Å². The maximum absolute atomic E-state index is 12.6. The van der Waals surface area contributed by atoms with Gasteiger partial charge in [-0.2, -0.15) is 0 Å². The summed E-state index contributed by atoms with van der Waals surface area (Å²) in [5, 5.41) is 3.86. The highest BCUT2D eigenvalue weighted by atomic mass is 19.1. The summed E-state index contributed by atoms with van der Waals surface area (Å²) in [6.07, 6.45) is 0.678. The number of nitrogens with zero attached hydrogens (tertiary/aromatic N) is 1. The Hall–Kier alpha value is -1.64. The van der Waals surface area contributed by atoms with Crippen molar-refractivity contribution in [2.24, 2.45) is 0 Å². The third-order valence-corrected chi connectivity index (χ3v) is 1.98. The molecule has 0 saturated carbocycles. The van der Waals surface area contributed by atoms with Crippen LogP contribution in [-0.4, -0.2) is 5.16 Å². The number of rotatable bonds is 2. The van der Waals surface area contributed by atoms with Crippen molar-refractivity contribution in [2.45, 2.75) is 13.3 Å².